The molecule has 3 atom stereocenters. The van der Waals surface area contributed by atoms with Crippen LogP contribution in [0.3, 0.4) is 0 Å². The molecule has 4 aliphatic rings. The Morgan fingerprint density at radius 1 is 1.00 bits per heavy atom. The first-order chi connectivity index (χ1) is 11.9. The molecule has 13 heteroatoms. The van der Waals surface area contributed by atoms with E-state index in [4.69, 9.17) is 4.55 Å². The molecule has 0 heterocycles. The molecule has 4 rings (SSSR count). The Kier molecular flexibility index (Phi) is 4.22. The van der Waals surface area contributed by atoms with Crippen molar-refractivity contribution in [2.75, 3.05) is 0 Å². The Morgan fingerprint density at radius 3 is 1.85 bits per heavy atom. The summed E-state index contributed by atoms with van der Waals surface area (Å²) < 4.78 is 100. The van der Waals surface area contributed by atoms with E-state index in [-0.39, 0.29) is 38.5 Å². The van der Waals surface area contributed by atoms with E-state index in [0.717, 1.165) is 0 Å². The van der Waals surface area contributed by atoms with E-state index >= 15 is 0 Å². The minimum Gasteiger partial charge on any atom is -0.444 e. The number of esters is 1. The van der Waals surface area contributed by atoms with Gasteiger partial charge in [-0.05, 0) is 38.0 Å². The van der Waals surface area contributed by atoms with Gasteiger partial charge in [0.25, 0.3) is 6.10 Å². The van der Waals surface area contributed by atoms with Crippen LogP contribution in [0.25, 0.3) is 0 Å². The molecule has 27 heavy (non-hydrogen) atoms. The summed E-state index contributed by atoms with van der Waals surface area (Å²) in [6.45, 7) is 0. The van der Waals surface area contributed by atoms with Crippen LogP contribution >= 0.6 is 0 Å². The number of rotatable bonds is 4. The van der Waals surface area contributed by atoms with Gasteiger partial charge in [-0.25, -0.2) is 0 Å². The van der Waals surface area contributed by atoms with Gasteiger partial charge in [0.2, 0.25) is 0 Å². The SMILES string of the molecule is O=C(OC(C(F)(F)F)C(F)(F)S(=O)(=O)O)C12CC3CC(O)(CC(O)(C3)C1)C2. The minimum absolute atomic E-state index is 0.0848. The summed E-state index contributed by atoms with van der Waals surface area (Å²) in [5.74, 6) is -2.20. The molecule has 0 saturated heterocycles. The van der Waals surface area contributed by atoms with Crippen LogP contribution in [-0.4, -0.2) is 57.9 Å². The van der Waals surface area contributed by atoms with Crippen molar-refractivity contribution in [2.24, 2.45) is 11.3 Å². The van der Waals surface area contributed by atoms with Gasteiger partial charge in [-0.2, -0.15) is 30.4 Å². The Balaban J connectivity index is 1.93. The molecule has 4 aliphatic carbocycles. The molecule has 0 spiro atoms. The average Bonchev–Trinajstić information content (AvgIpc) is 2.37. The van der Waals surface area contributed by atoms with Crippen LogP contribution in [-0.2, 0) is 19.6 Å². The lowest BCUT2D eigenvalue weighted by Crippen LogP contribution is -2.66. The second-order valence-electron chi connectivity index (χ2n) is 8.10. The molecule has 4 fully saturated rings. The van der Waals surface area contributed by atoms with E-state index in [9.17, 15) is 45.4 Å². The van der Waals surface area contributed by atoms with Crippen molar-refractivity contribution < 1.29 is 54.7 Å². The van der Waals surface area contributed by atoms with Gasteiger partial charge in [-0.3, -0.25) is 9.35 Å². The van der Waals surface area contributed by atoms with Gasteiger partial charge in [-0.1, -0.05) is 0 Å². The summed E-state index contributed by atoms with van der Waals surface area (Å²) in [6.07, 6.45) is -11.0. The summed E-state index contributed by atoms with van der Waals surface area (Å²) >= 11 is 0. The van der Waals surface area contributed by atoms with Gasteiger partial charge in [0.1, 0.15) is 0 Å². The molecule has 3 N–H and O–H groups in total. The molecule has 7 nitrogen and oxygen atoms in total. The number of hydrogen-bond donors (Lipinski definition) is 3. The lowest BCUT2D eigenvalue weighted by molar-refractivity contribution is -0.276. The lowest BCUT2D eigenvalue weighted by Gasteiger charge is -2.62. The monoisotopic (exact) mass is 424 g/mol. The second-order valence-corrected chi connectivity index (χ2v) is 9.60. The summed E-state index contributed by atoms with van der Waals surface area (Å²) in [6, 6.07) is 0. The van der Waals surface area contributed by atoms with Crippen LogP contribution in [0, 0.1) is 11.3 Å². The maximum Gasteiger partial charge on any atom is 0.432 e. The average molecular weight is 424 g/mol. The number of carbonyl (C=O) groups excluding carboxylic acids is 1. The summed E-state index contributed by atoms with van der Waals surface area (Å²) in [5.41, 5.74) is -4.94. The quantitative estimate of drug-likeness (QED) is 0.354. The first-order valence-corrected chi connectivity index (χ1v) is 9.43. The zero-order chi connectivity index (χ0) is 20.7. The van der Waals surface area contributed by atoms with Crippen molar-refractivity contribution >= 4 is 16.1 Å². The van der Waals surface area contributed by atoms with Crippen molar-refractivity contribution in [1.29, 1.82) is 0 Å². The van der Waals surface area contributed by atoms with E-state index in [0.29, 0.717) is 0 Å². The fourth-order valence-electron chi connectivity index (χ4n) is 5.26. The van der Waals surface area contributed by atoms with Gasteiger partial charge in [-0.15, -0.1) is 0 Å². The third kappa shape index (κ3) is 3.32. The molecule has 0 aliphatic heterocycles. The van der Waals surface area contributed by atoms with E-state index in [1.807, 2.05) is 0 Å². The highest BCUT2D eigenvalue weighted by Crippen LogP contribution is 2.63. The van der Waals surface area contributed by atoms with Crippen LogP contribution in [0.4, 0.5) is 22.0 Å². The molecule has 0 aromatic heterocycles. The largest absolute Gasteiger partial charge is 0.444 e. The molecule has 156 valence electrons. The number of hydrogen-bond acceptors (Lipinski definition) is 6. The van der Waals surface area contributed by atoms with Crippen LogP contribution < -0.4 is 0 Å². The van der Waals surface area contributed by atoms with Crippen LogP contribution in [0.2, 0.25) is 0 Å². The van der Waals surface area contributed by atoms with Crippen molar-refractivity contribution in [3.8, 4) is 0 Å². The van der Waals surface area contributed by atoms with E-state index in [1.54, 1.807) is 0 Å². The maximum atomic E-state index is 13.6. The van der Waals surface area contributed by atoms with Gasteiger partial charge >= 0.3 is 27.5 Å². The molecule has 4 bridgehead atoms. The molecular formula is C14H17F5O7S. The predicted molar refractivity (Wildman–Crippen MR) is 76.0 cm³/mol. The first kappa shape index (κ1) is 20.7. The number of carbonyl (C=O) groups is 1. The maximum absolute atomic E-state index is 13.6. The number of halogens is 5. The molecule has 0 aromatic rings. The summed E-state index contributed by atoms with van der Waals surface area (Å²) in [4.78, 5) is 12.5. The van der Waals surface area contributed by atoms with Crippen molar-refractivity contribution in [3.63, 3.8) is 0 Å². The van der Waals surface area contributed by atoms with Crippen LogP contribution in [0.5, 0.6) is 0 Å². The van der Waals surface area contributed by atoms with Gasteiger partial charge in [0.05, 0.1) is 16.6 Å². The van der Waals surface area contributed by atoms with Crippen LogP contribution in [0.15, 0.2) is 0 Å². The molecule has 4 saturated carbocycles. The summed E-state index contributed by atoms with van der Waals surface area (Å²) in [7, 11) is -6.54. The molecule has 3 unspecified atom stereocenters. The van der Waals surface area contributed by atoms with Crippen molar-refractivity contribution in [2.45, 2.75) is 67.3 Å². The second kappa shape index (κ2) is 5.51. The molecule has 0 radical (unpaired) electrons. The fraction of sp³-hybridized carbons (Fsp3) is 0.929. The zero-order valence-electron chi connectivity index (χ0n) is 13.7. The zero-order valence-corrected chi connectivity index (χ0v) is 14.5. The van der Waals surface area contributed by atoms with Crippen LogP contribution in [0.1, 0.15) is 38.5 Å². The molecule has 0 aromatic carbocycles. The standard InChI is InChI=1S/C14H17F5O7S/c15-13(16,17)8(14(18,19)27(23,24)25)26-9(20)10-1-7-2-11(21,4-10)6-12(22,3-7)5-10/h7-8,21-22H,1-6H2,(H,23,24,25). The van der Waals surface area contributed by atoms with Crippen molar-refractivity contribution in [3.05, 3.63) is 0 Å². The summed E-state index contributed by atoms with van der Waals surface area (Å²) in [5, 5.41) is 15.2. The highest BCUT2D eigenvalue weighted by molar-refractivity contribution is 7.86. The lowest BCUT2D eigenvalue weighted by atomic mass is 9.46. The Hall–Kier alpha value is -1.05. The van der Waals surface area contributed by atoms with E-state index < -0.39 is 56.2 Å². The third-order valence-electron chi connectivity index (χ3n) is 5.61. The Morgan fingerprint density at radius 2 is 1.48 bits per heavy atom. The topological polar surface area (TPSA) is 121 Å². The minimum atomic E-state index is -6.54. The first-order valence-electron chi connectivity index (χ1n) is 7.99. The van der Waals surface area contributed by atoms with Gasteiger partial charge in [0.15, 0.2) is 0 Å². The number of alkyl halides is 5. The third-order valence-corrected chi connectivity index (χ3v) is 6.52. The van der Waals surface area contributed by atoms with Crippen molar-refractivity contribution in [1.82, 2.24) is 0 Å². The fourth-order valence-corrected chi connectivity index (χ4v) is 5.71. The number of aliphatic hydroxyl groups is 2. The predicted octanol–water partition coefficient (Wildman–Crippen LogP) is 1.39. The number of ether oxygens (including phenoxy) is 1. The molecule has 0 amide bonds. The van der Waals surface area contributed by atoms with Gasteiger partial charge < -0.3 is 14.9 Å². The highest BCUT2D eigenvalue weighted by atomic mass is 32.2. The Bertz CT molecular complexity index is 746. The van der Waals surface area contributed by atoms with E-state index in [1.165, 1.54) is 0 Å². The van der Waals surface area contributed by atoms with E-state index in [2.05, 4.69) is 4.74 Å². The smallest absolute Gasteiger partial charge is 0.432 e. The highest BCUT2D eigenvalue weighted by Gasteiger charge is 2.70. The Labute approximate surface area is 150 Å². The molecular weight excluding hydrogens is 407 g/mol. The van der Waals surface area contributed by atoms with Gasteiger partial charge in [0, 0.05) is 6.42 Å². The normalized spacial score (nSPS) is 40.1.